The molecule has 0 amide bonds. The topological polar surface area (TPSA) is 9.72 Å². The van der Waals surface area contributed by atoms with Gasteiger partial charge in [0, 0.05) is 51.2 Å². The third-order valence-electron chi connectivity index (χ3n) is 12.0. The van der Waals surface area contributed by atoms with E-state index in [4.69, 9.17) is 0 Å². The van der Waals surface area contributed by atoms with Gasteiger partial charge in [-0.25, -0.2) is 0 Å². The summed E-state index contributed by atoms with van der Waals surface area (Å²) in [5.74, 6) is 0. The van der Waals surface area contributed by atoms with Crippen LogP contribution in [-0.2, 0) is 5.41 Å². The van der Waals surface area contributed by atoms with Crippen molar-refractivity contribution in [3.63, 3.8) is 0 Å². The van der Waals surface area contributed by atoms with Gasteiger partial charge in [0.25, 0.3) is 6.71 Å². The van der Waals surface area contributed by atoms with Crippen molar-refractivity contribution in [1.82, 2.24) is 0 Å². The lowest BCUT2D eigenvalue weighted by Gasteiger charge is -2.45. The van der Waals surface area contributed by atoms with Crippen LogP contribution in [-0.4, -0.2) is 14.8 Å². The van der Waals surface area contributed by atoms with Crippen molar-refractivity contribution in [2.45, 2.75) is 66.6 Å². The van der Waals surface area contributed by atoms with Crippen molar-refractivity contribution < 1.29 is 0 Å². The van der Waals surface area contributed by atoms with E-state index in [0.717, 1.165) is 17.1 Å². The van der Waals surface area contributed by atoms with Gasteiger partial charge < -0.3 is 14.7 Å². The summed E-state index contributed by atoms with van der Waals surface area (Å²) in [7, 11) is -1.80. The fraction of sp³-hybridized carbons (Fsp3) is 0.192. The first-order valence-corrected chi connectivity index (χ1v) is 23.9. The van der Waals surface area contributed by atoms with Crippen LogP contribution in [0.2, 0.25) is 19.6 Å². The maximum absolute atomic E-state index is 2.56. The number of anilines is 9. The molecular formula is C52H52BN3Si. The summed E-state index contributed by atoms with van der Waals surface area (Å²) < 4.78 is 0. The normalized spacial score (nSPS) is 13.2. The Morgan fingerprint density at radius 2 is 1.11 bits per heavy atom. The van der Waals surface area contributed by atoms with Crippen LogP contribution in [0.4, 0.5) is 51.2 Å². The highest BCUT2D eigenvalue weighted by molar-refractivity contribution is 7.00. The van der Waals surface area contributed by atoms with Crippen molar-refractivity contribution in [3.05, 3.63) is 174 Å². The van der Waals surface area contributed by atoms with Gasteiger partial charge >= 0.3 is 0 Å². The second-order valence-electron chi connectivity index (χ2n) is 18.2. The third-order valence-corrected chi connectivity index (χ3v) is 14.0. The molecule has 57 heavy (non-hydrogen) atoms. The number of aryl methyl sites for hydroxylation is 3. The maximum atomic E-state index is 2.56. The first kappa shape index (κ1) is 36.8. The molecule has 0 aliphatic carbocycles. The molecule has 9 rings (SSSR count). The van der Waals surface area contributed by atoms with Crippen LogP contribution in [0.25, 0.3) is 0 Å². The smallest absolute Gasteiger partial charge is 0.252 e. The van der Waals surface area contributed by atoms with Gasteiger partial charge in [-0.1, -0.05) is 136 Å². The molecule has 0 saturated carbocycles. The van der Waals surface area contributed by atoms with Gasteiger partial charge in [-0.3, -0.25) is 0 Å². The Balaban J connectivity index is 1.35. The largest absolute Gasteiger partial charge is 0.311 e. The van der Waals surface area contributed by atoms with Crippen LogP contribution in [0.1, 0.15) is 43.0 Å². The van der Waals surface area contributed by atoms with Crippen molar-refractivity contribution in [2.24, 2.45) is 0 Å². The van der Waals surface area contributed by atoms with Crippen molar-refractivity contribution in [2.75, 3.05) is 14.7 Å². The number of fused-ring (bicyclic) bond motifs is 4. The summed E-state index contributed by atoms with van der Waals surface area (Å²) in [4.78, 5) is 7.55. The predicted molar refractivity (Wildman–Crippen MR) is 251 cm³/mol. The minimum absolute atomic E-state index is 0.0595. The first-order chi connectivity index (χ1) is 27.3. The van der Waals surface area contributed by atoms with Gasteiger partial charge in [0.1, 0.15) is 0 Å². The molecule has 0 radical (unpaired) electrons. The summed E-state index contributed by atoms with van der Waals surface area (Å²) >= 11 is 0. The maximum Gasteiger partial charge on any atom is 0.252 e. The molecule has 5 heteroatoms. The molecule has 282 valence electrons. The molecule has 0 N–H and O–H groups in total. The Labute approximate surface area is 341 Å². The Hall–Kier alpha value is -5.78. The van der Waals surface area contributed by atoms with E-state index in [-0.39, 0.29) is 12.1 Å². The molecule has 0 aromatic heterocycles. The molecule has 7 aromatic rings. The number of hydrogen-bond donors (Lipinski definition) is 0. The van der Waals surface area contributed by atoms with Crippen molar-refractivity contribution in [3.8, 4) is 0 Å². The number of benzene rings is 7. The lowest BCUT2D eigenvalue weighted by atomic mass is 9.33. The molecule has 0 saturated heterocycles. The fourth-order valence-electron chi connectivity index (χ4n) is 8.86. The summed E-state index contributed by atoms with van der Waals surface area (Å²) in [6.45, 7) is 21.0. The molecule has 0 spiro atoms. The van der Waals surface area contributed by atoms with Gasteiger partial charge in [0.2, 0.25) is 0 Å². The second-order valence-corrected chi connectivity index (χ2v) is 23.3. The van der Waals surface area contributed by atoms with Crippen LogP contribution in [0.5, 0.6) is 0 Å². The highest BCUT2D eigenvalue weighted by atomic mass is 28.3. The van der Waals surface area contributed by atoms with E-state index < -0.39 is 8.07 Å². The molecule has 0 fully saturated rings. The van der Waals surface area contributed by atoms with Gasteiger partial charge in [0.15, 0.2) is 0 Å². The minimum atomic E-state index is -1.80. The van der Waals surface area contributed by atoms with Crippen molar-refractivity contribution >= 4 is 87.5 Å². The number of para-hydroxylation sites is 2. The molecule has 7 aromatic carbocycles. The average Bonchev–Trinajstić information content (AvgIpc) is 3.19. The van der Waals surface area contributed by atoms with Crippen LogP contribution in [0.15, 0.2) is 152 Å². The Morgan fingerprint density at radius 1 is 0.509 bits per heavy atom. The lowest BCUT2D eigenvalue weighted by molar-refractivity contribution is 0.590. The number of nitrogens with zero attached hydrogens (tertiary/aromatic N) is 3. The molecule has 2 heterocycles. The van der Waals surface area contributed by atoms with Gasteiger partial charge in [-0.15, -0.1) is 0 Å². The van der Waals surface area contributed by atoms with Crippen LogP contribution >= 0.6 is 0 Å². The number of hydrogen-bond acceptors (Lipinski definition) is 3. The van der Waals surface area contributed by atoms with Gasteiger partial charge in [-0.2, -0.15) is 0 Å². The van der Waals surface area contributed by atoms with E-state index in [0.29, 0.717) is 0 Å². The minimum Gasteiger partial charge on any atom is -0.311 e. The van der Waals surface area contributed by atoms with E-state index in [1.54, 1.807) is 0 Å². The van der Waals surface area contributed by atoms with Crippen LogP contribution in [0.3, 0.4) is 0 Å². The third kappa shape index (κ3) is 6.39. The summed E-state index contributed by atoms with van der Waals surface area (Å²) in [5, 5.41) is 1.45. The highest BCUT2D eigenvalue weighted by Crippen LogP contribution is 2.46. The zero-order chi connectivity index (χ0) is 39.8. The lowest BCUT2D eigenvalue weighted by Crippen LogP contribution is -2.62. The summed E-state index contributed by atoms with van der Waals surface area (Å²) in [6.07, 6.45) is 0. The Bertz CT molecular complexity index is 2640. The van der Waals surface area contributed by atoms with Crippen LogP contribution in [0, 0.1) is 20.8 Å². The average molecular weight is 758 g/mol. The Morgan fingerprint density at radius 3 is 1.75 bits per heavy atom. The molecule has 0 unspecified atom stereocenters. The predicted octanol–water partition coefficient (Wildman–Crippen LogP) is 12.0. The molecule has 0 atom stereocenters. The van der Waals surface area contributed by atoms with Crippen LogP contribution < -0.4 is 36.3 Å². The number of rotatable bonds is 6. The summed E-state index contributed by atoms with van der Waals surface area (Å²) in [5.41, 5.74) is 20.1. The Kier molecular flexibility index (Phi) is 8.86. The zero-order valence-corrected chi connectivity index (χ0v) is 35.9. The summed E-state index contributed by atoms with van der Waals surface area (Å²) in [6, 6.07) is 57.4. The van der Waals surface area contributed by atoms with Gasteiger partial charge in [0.05, 0.1) is 8.07 Å². The van der Waals surface area contributed by atoms with E-state index >= 15 is 0 Å². The SMILES string of the molecule is Cc1ccc(N2c3ccc(C)cc3B3c4ccc(N(c5ccc(C(C)(C)C)cc5)c5ccccc5C)cc4N(c4ccccc4)c4cc([Si](C)(C)C)cc2c43)cc1. The van der Waals surface area contributed by atoms with Crippen molar-refractivity contribution in [1.29, 1.82) is 0 Å². The van der Waals surface area contributed by atoms with E-state index in [1.807, 2.05) is 0 Å². The molecule has 0 bridgehead atoms. The van der Waals surface area contributed by atoms with Gasteiger partial charge in [-0.05, 0) is 126 Å². The highest BCUT2D eigenvalue weighted by Gasteiger charge is 2.44. The fourth-order valence-corrected chi connectivity index (χ4v) is 10.00. The molecule has 2 aliphatic heterocycles. The monoisotopic (exact) mass is 757 g/mol. The second kappa shape index (κ2) is 13.7. The zero-order valence-electron chi connectivity index (χ0n) is 34.9. The standard InChI is InChI=1S/C52H52BN3Si/c1-35-19-24-41(25-20-35)55-47-30-21-36(2)31-45(47)53-44-29-28-42(54(46-18-14-13-15-37(46)3)40-26-22-38(23-27-40)52(4,5)6)32-48(44)56(39-16-11-10-12-17-39)50-34-43(57(7,8)9)33-49(55)51(50)53/h10-34H,1-9H3. The molecule has 2 aliphatic rings. The van der Waals surface area contributed by atoms with E-state index in [1.165, 1.54) is 78.0 Å². The molecule has 3 nitrogen and oxygen atoms in total. The van der Waals surface area contributed by atoms with E-state index in [2.05, 4.69) is 228 Å². The first-order valence-electron chi connectivity index (χ1n) is 20.4. The van der Waals surface area contributed by atoms with E-state index in [9.17, 15) is 0 Å². The molecular weight excluding hydrogens is 705 g/mol. The quantitative estimate of drug-likeness (QED) is 0.156.